The van der Waals surface area contributed by atoms with Crippen molar-refractivity contribution in [2.75, 3.05) is 0 Å². The van der Waals surface area contributed by atoms with Crippen molar-refractivity contribution < 1.29 is 4.39 Å². The zero-order valence-electron chi connectivity index (χ0n) is 9.43. The van der Waals surface area contributed by atoms with E-state index >= 15 is 0 Å². The van der Waals surface area contributed by atoms with Gasteiger partial charge in [-0.1, -0.05) is 46.9 Å². The Bertz CT molecular complexity index is 634. The van der Waals surface area contributed by atoms with Crippen molar-refractivity contribution in [3.63, 3.8) is 0 Å². The Kier molecular flexibility index (Phi) is 4.75. The maximum absolute atomic E-state index is 14.1. The molecule has 1 unspecified atom stereocenters. The number of hydrogen-bond acceptors (Lipinski definition) is 1. The van der Waals surface area contributed by atoms with Crippen molar-refractivity contribution in [3.8, 4) is 0 Å². The fourth-order valence-corrected chi connectivity index (χ4v) is 2.45. The maximum atomic E-state index is 14.1. The molecule has 0 radical (unpaired) electrons. The molecule has 0 fully saturated rings. The molecule has 0 saturated carbocycles. The van der Waals surface area contributed by atoms with Crippen molar-refractivity contribution in [1.29, 1.82) is 0 Å². The van der Waals surface area contributed by atoms with Gasteiger partial charge >= 0.3 is 0 Å². The summed E-state index contributed by atoms with van der Waals surface area (Å²) in [6.45, 7) is 0. The van der Waals surface area contributed by atoms with E-state index in [1.165, 1.54) is 0 Å². The van der Waals surface area contributed by atoms with Crippen molar-refractivity contribution in [3.05, 3.63) is 66.8 Å². The summed E-state index contributed by atoms with van der Waals surface area (Å²) in [5, 5.41) is 0.804. The summed E-state index contributed by atoms with van der Waals surface area (Å²) in [4.78, 5) is 0. The monoisotopic (exact) mass is 381 g/mol. The van der Waals surface area contributed by atoms with Crippen LogP contribution in [0.15, 0.2) is 34.8 Å². The maximum Gasteiger partial charge on any atom is 0.148 e. The molecule has 2 rings (SSSR count). The highest BCUT2D eigenvalue weighted by Gasteiger charge is 2.18. The van der Waals surface area contributed by atoms with E-state index in [1.807, 2.05) is 0 Å². The second kappa shape index (κ2) is 5.98. The van der Waals surface area contributed by atoms with Gasteiger partial charge in [-0.05, 0) is 39.7 Å². The summed E-state index contributed by atoms with van der Waals surface area (Å²) in [6.07, 6.45) is 0. The molecule has 0 aliphatic heterocycles. The fraction of sp³-hybridized carbons (Fsp3) is 0.0769. The van der Waals surface area contributed by atoms with Gasteiger partial charge in [0.15, 0.2) is 0 Å². The van der Waals surface area contributed by atoms with Gasteiger partial charge < -0.3 is 5.73 Å². The van der Waals surface area contributed by atoms with Gasteiger partial charge in [0.05, 0.1) is 21.1 Å². The van der Waals surface area contributed by atoms with Gasteiger partial charge in [-0.3, -0.25) is 0 Å². The largest absolute Gasteiger partial charge is 0.320 e. The Morgan fingerprint density at radius 2 is 1.74 bits per heavy atom. The second-order valence-electron chi connectivity index (χ2n) is 3.92. The van der Waals surface area contributed by atoms with Crippen LogP contribution in [-0.2, 0) is 0 Å². The zero-order valence-corrected chi connectivity index (χ0v) is 13.3. The van der Waals surface area contributed by atoms with Gasteiger partial charge in [-0.2, -0.15) is 0 Å². The fourth-order valence-electron chi connectivity index (χ4n) is 1.67. The Hall–Kier alpha value is -0.320. The van der Waals surface area contributed by atoms with E-state index in [-0.39, 0.29) is 5.02 Å². The predicted molar refractivity (Wildman–Crippen MR) is 81.6 cm³/mol. The van der Waals surface area contributed by atoms with E-state index in [0.29, 0.717) is 25.6 Å². The smallest absolute Gasteiger partial charge is 0.148 e. The molecule has 0 amide bonds. The molecule has 2 N–H and O–H groups in total. The van der Waals surface area contributed by atoms with Crippen LogP contribution in [0, 0.1) is 5.82 Å². The van der Waals surface area contributed by atoms with Crippen LogP contribution in [0.5, 0.6) is 0 Å². The van der Waals surface area contributed by atoms with Gasteiger partial charge in [0, 0.05) is 10.0 Å². The van der Waals surface area contributed by atoms with Crippen LogP contribution in [0.3, 0.4) is 0 Å². The Balaban J connectivity index is 2.47. The highest BCUT2D eigenvalue weighted by atomic mass is 79.9. The third-order valence-electron chi connectivity index (χ3n) is 2.70. The molecule has 0 heterocycles. The average molecular weight is 383 g/mol. The van der Waals surface area contributed by atoms with Crippen LogP contribution in [0.4, 0.5) is 4.39 Å². The van der Waals surface area contributed by atoms with E-state index < -0.39 is 11.9 Å². The molecule has 0 aliphatic carbocycles. The van der Waals surface area contributed by atoms with Crippen molar-refractivity contribution >= 4 is 50.7 Å². The number of rotatable bonds is 2. The lowest BCUT2D eigenvalue weighted by atomic mass is 9.99. The van der Waals surface area contributed by atoms with Gasteiger partial charge in [0.1, 0.15) is 5.82 Å². The first kappa shape index (κ1) is 15.1. The number of nitrogens with two attached hydrogens (primary N) is 1. The molecule has 2 aromatic carbocycles. The second-order valence-corrected chi connectivity index (χ2v) is 5.96. The van der Waals surface area contributed by atoms with Crippen molar-refractivity contribution in [2.45, 2.75) is 6.04 Å². The quantitative estimate of drug-likeness (QED) is 0.672. The van der Waals surface area contributed by atoms with E-state index in [4.69, 9.17) is 40.5 Å². The summed E-state index contributed by atoms with van der Waals surface area (Å²) in [5.41, 5.74) is 7.00. The lowest BCUT2D eigenvalue weighted by Crippen LogP contribution is -2.14. The average Bonchev–Trinajstić information content (AvgIpc) is 2.39. The molecule has 0 aliphatic rings. The van der Waals surface area contributed by atoms with Gasteiger partial charge in [0.2, 0.25) is 0 Å². The minimum atomic E-state index is -0.666. The highest BCUT2D eigenvalue weighted by Crippen LogP contribution is 2.33. The molecule has 0 bridgehead atoms. The predicted octanol–water partition coefficient (Wildman–Crippen LogP) is 5.60. The first-order chi connectivity index (χ1) is 8.91. The van der Waals surface area contributed by atoms with E-state index in [2.05, 4.69) is 15.9 Å². The molecule has 0 spiro atoms. The van der Waals surface area contributed by atoms with Crippen LogP contribution in [-0.4, -0.2) is 0 Å². The lowest BCUT2D eigenvalue weighted by molar-refractivity contribution is 0.599. The molecule has 1 nitrogen and oxygen atoms in total. The van der Waals surface area contributed by atoms with Crippen LogP contribution in [0.25, 0.3) is 0 Å². The third kappa shape index (κ3) is 3.06. The summed E-state index contributed by atoms with van der Waals surface area (Å²) in [5.74, 6) is -0.547. The Morgan fingerprint density at radius 3 is 2.37 bits per heavy atom. The van der Waals surface area contributed by atoms with Gasteiger partial charge in [-0.15, -0.1) is 0 Å². The zero-order chi connectivity index (χ0) is 14.2. The van der Waals surface area contributed by atoms with E-state index in [0.717, 1.165) is 0 Å². The van der Waals surface area contributed by atoms with Crippen molar-refractivity contribution in [2.24, 2.45) is 5.73 Å². The van der Waals surface area contributed by atoms with Gasteiger partial charge in [-0.25, -0.2) is 4.39 Å². The van der Waals surface area contributed by atoms with Gasteiger partial charge in [0.25, 0.3) is 0 Å². The normalized spacial score (nSPS) is 12.5. The summed E-state index contributed by atoms with van der Waals surface area (Å²) in [7, 11) is 0. The Morgan fingerprint density at radius 1 is 1.05 bits per heavy atom. The molecule has 1 atom stereocenters. The third-order valence-corrected chi connectivity index (χ3v) is 4.70. The van der Waals surface area contributed by atoms with Crippen molar-refractivity contribution in [1.82, 2.24) is 0 Å². The minimum absolute atomic E-state index is 0.00742. The Labute approximate surface area is 133 Å². The number of hydrogen-bond donors (Lipinski definition) is 1. The molecule has 19 heavy (non-hydrogen) atoms. The standard InChI is InChI=1S/C13H8BrCl3FN/c14-8-3-2-7(12(18)11(8)17)13(19)6-1-4-9(15)10(16)5-6/h1-5,13H,19H2. The number of benzene rings is 2. The molecular formula is C13H8BrCl3FN. The molecular weight excluding hydrogens is 375 g/mol. The summed E-state index contributed by atoms with van der Waals surface area (Å²) in [6, 6.07) is 7.51. The topological polar surface area (TPSA) is 26.0 Å². The first-order valence-corrected chi connectivity index (χ1v) is 7.18. The molecule has 6 heteroatoms. The van der Waals surface area contributed by atoms with Crippen LogP contribution in [0.1, 0.15) is 17.2 Å². The molecule has 2 aromatic rings. The van der Waals surface area contributed by atoms with Crippen LogP contribution < -0.4 is 5.73 Å². The van der Waals surface area contributed by atoms with E-state index in [9.17, 15) is 4.39 Å². The molecule has 100 valence electrons. The lowest BCUT2D eigenvalue weighted by Gasteiger charge is -2.15. The van der Waals surface area contributed by atoms with E-state index in [1.54, 1.807) is 30.3 Å². The highest BCUT2D eigenvalue weighted by molar-refractivity contribution is 9.10. The molecule has 0 aromatic heterocycles. The first-order valence-electron chi connectivity index (χ1n) is 5.25. The molecule has 0 saturated heterocycles. The summed E-state index contributed by atoms with van der Waals surface area (Å²) < 4.78 is 14.6. The SMILES string of the molecule is NC(c1ccc(Cl)c(Cl)c1)c1ccc(Br)c(Cl)c1F. The number of halogens is 5. The van der Waals surface area contributed by atoms with Crippen LogP contribution in [0.2, 0.25) is 15.1 Å². The van der Waals surface area contributed by atoms with Crippen LogP contribution >= 0.6 is 50.7 Å². The summed E-state index contributed by atoms with van der Waals surface area (Å²) >= 11 is 20.8. The minimum Gasteiger partial charge on any atom is -0.320 e.